The van der Waals surface area contributed by atoms with Crippen molar-refractivity contribution in [2.75, 3.05) is 25.0 Å². The number of hydrogen-bond donors (Lipinski definition) is 1. The van der Waals surface area contributed by atoms with Crippen molar-refractivity contribution in [3.05, 3.63) is 54.1 Å². The van der Waals surface area contributed by atoms with E-state index in [1.165, 1.54) is 6.07 Å². The summed E-state index contributed by atoms with van der Waals surface area (Å²) < 4.78 is 43.8. The number of carbonyl (C=O) groups excluding carboxylic acids is 2. The molecule has 0 spiro atoms. The van der Waals surface area contributed by atoms with E-state index in [9.17, 15) is 22.8 Å². The Morgan fingerprint density at radius 1 is 1.13 bits per heavy atom. The first-order chi connectivity index (χ1) is 14.3. The number of esters is 1. The molecular formula is C22H23F3N2O3. The zero-order chi connectivity index (χ0) is 21.7. The Morgan fingerprint density at radius 3 is 2.53 bits per heavy atom. The monoisotopic (exact) mass is 420 g/mol. The van der Waals surface area contributed by atoms with Gasteiger partial charge in [-0.05, 0) is 55.2 Å². The minimum Gasteiger partial charge on any atom is -0.466 e. The van der Waals surface area contributed by atoms with Crippen molar-refractivity contribution in [2.45, 2.75) is 25.9 Å². The second-order valence-electron chi connectivity index (χ2n) is 7.12. The minimum absolute atomic E-state index is 0.291. The maximum absolute atomic E-state index is 12.9. The summed E-state index contributed by atoms with van der Waals surface area (Å²) in [6.45, 7) is 2.89. The summed E-state index contributed by atoms with van der Waals surface area (Å²) in [5.74, 6) is -0.617. The fraction of sp³-hybridized carbons (Fsp3) is 0.364. The number of piperidine rings is 1. The highest BCUT2D eigenvalue weighted by atomic mass is 19.4. The number of likely N-dealkylation sites (tertiary alicyclic amines) is 1. The lowest BCUT2D eigenvalue weighted by Gasteiger charge is -2.31. The molecule has 2 aromatic carbocycles. The van der Waals surface area contributed by atoms with Gasteiger partial charge in [0.25, 0.3) is 0 Å². The summed E-state index contributed by atoms with van der Waals surface area (Å²) in [7, 11) is 0. The molecule has 1 aliphatic heterocycles. The molecule has 2 aromatic rings. The van der Waals surface area contributed by atoms with Crippen molar-refractivity contribution in [3.63, 3.8) is 0 Å². The van der Waals surface area contributed by atoms with Crippen molar-refractivity contribution < 1.29 is 27.5 Å². The molecule has 2 amide bonds. The van der Waals surface area contributed by atoms with Crippen molar-refractivity contribution in [1.29, 1.82) is 0 Å². The third-order valence-electron chi connectivity index (χ3n) is 4.99. The van der Waals surface area contributed by atoms with Crippen LogP contribution in [0, 0.1) is 5.92 Å². The quantitative estimate of drug-likeness (QED) is 0.694. The van der Waals surface area contributed by atoms with Crippen LogP contribution in [0.25, 0.3) is 11.1 Å². The van der Waals surface area contributed by atoms with E-state index in [4.69, 9.17) is 4.74 Å². The molecule has 5 nitrogen and oxygen atoms in total. The second kappa shape index (κ2) is 9.19. The highest BCUT2D eigenvalue weighted by molar-refractivity contribution is 5.90. The van der Waals surface area contributed by atoms with E-state index < -0.39 is 11.7 Å². The lowest BCUT2D eigenvalue weighted by Crippen LogP contribution is -2.44. The van der Waals surface area contributed by atoms with Gasteiger partial charge in [0.05, 0.1) is 18.1 Å². The zero-order valence-electron chi connectivity index (χ0n) is 16.5. The number of nitrogens with one attached hydrogen (secondary N) is 1. The number of anilines is 1. The number of ether oxygens (including phenoxy) is 1. The van der Waals surface area contributed by atoms with Gasteiger partial charge >= 0.3 is 18.2 Å². The first kappa shape index (κ1) is 21.7. The molecule has 0 aliphatic carbocycles. The Hall–Kier alpha value is -3.03. The molecule has 0 bridgehead atoms. The van der Waals surface area contributed by atoms with Gasteiger partial charge in [0.2, 0.25) is 0 Å². The zero-order valence-corrected chi connectivity index (χ0v) is 16.5. The number of alkyl halides is 3. The van der Waals surface area contributed by atoms with Crippen LogP contribution in [0.1, 0.15) is 25.3 Å². The van der Waals surface area contributed by atoms with Gasteiger partial charge in [0, 0.05) is 18.8 Å². The normalized spacial score (nSPS) is 16.8. The van der Waals surface area contributed by atoms with Crippen LogP contribution in [0.4, 0.5) is 23.7 Å². The summed E-state index contributed by atoms with van der Waals surface area (Å²) in [6.07, 6.45) is -3.00. The van der Waals surface area contributed by atoms with Crippen molar-refractivity contribution in [3.8, 4) is 11.1 Å². The van der Waals surface area contributed by atoms with Crippen molar-refractivity contribution in [2.24, 2.45) is 5.92 Å². The molecule has 1 atom stereocenters. The number of carbonyl (C=O) groups is 2. The Balaban J connectivity index is 1.64. The molecule has 3 rings (SSSR count). The number of nitrogens with zero attached hydrogens (tertiary/aromatic N) is 1. The largest absolute Gasteiger partial charge is 0.466 e. The van der Waals surface area contributed by atoms with Gasteiger partial charge in [0.1, 0.15) is 0 Å². The fourth-order valence-corrected chi connectivity index (χ4v) is 3.44. The molecular weight excluding hydrogens is 397 g/mol. The average Bonchev–Trinajstić information content (AvgIpc) is 2.74. The summed E-state index contributed by atoms with van der Waals surface area (Å²) >= 11 is 0. The van der Waals surface area contributed by atoms with Crippen LogP contribution in [-0.2, 0) is 15.7 Å². The molecule has 1 heterocycles. The van der Waals surface area contributed by atoms with Gasteiger partial charge in [-0.2, -0.15) is 13.2 Å². The molecule has 0 aromatic heterocycles. The van der Waals surface area contributed by atoms with E-state index in [1.54, 1.807) is 42.2 Å². The van der Waals surface area contributed by atoms with Gasteiger partial charge in [-0.25, -0.2) is 4.79 Å². The average molecular weight is 420 g/mol. The van der Waals surface area contributed by atoms with Gasteiger partial charge in [-0.1, -0.05) is 24.3 Å². The Bertz CT molecular complexity index is 897. The van der Waals surface area contributed by atoms with Crippen LogP contribution in [0.5, 0.6) is 0 Å². The first-order valence-corrected chi connectivity index (χ1v) is 9.78. The topological polar surface area (TPSA) is 58.6 Å². The number of halogens is 3. The standard InChI is InChI=1S/C22H23F3N2O3/c1-2-30-20(28)17-6-4-12-27(14-17)21(29)26-19-10-8-15(9-11-19)16-5-3-7-18(13-16)22(23,24)25/h3,5,7-11,13,17H,2,4,6,12,14H2,1H3,(H,26,29). The number of benzene rings is 2. The Kier molecular flexibility index (Phi) is 6.64. The smallest absolute Gasteiger partial charge is 0.416 e. The summed E-state index contributed by atoms with van der Waals surface area (Å²) in [5.41, 5.74) is 0.864. The van der Waals surface area contributed by atoms with Crippen LogP contribution in [-0.4, -0.2) is 36.6 Å². The lowest BCUT2D eigenvalue weighted by molar-refractivity contribution is -0.149. The van der Waals surface area contributed by atoms with Gasteiger partial charge < -0.3 is 15.0 Å². The number of amides is 2. The summed E-state index contributed by atoms with van der Waals surface area (Å²) in [5, 5.41) is 2.77. The molecule has 0 saturated carbocycles. The van der Waals surface area contributed by atoms with E-state index in [-0.39, 0.29) is 17.9 Å². The maximum Gasteiger partial charge on any atom is 0.416 e. The molecule has 1 aliphatic rings. The van der Waals surface area contributed by atoms with Crippen LogP contribution >= 0.6 is 0 Å². The fourth-order valence-electron chi connectivity index (χ4n) is 3.44. The highest BCUT2D eigenvalue weighted by Gasteiger charge is 2.31. The molecule has 1 unspecified atom stereocenters. The van der Waals surface area contributed by atoms with Crippen LogP contribution in [0.2, 0.25) is 0 Å². The molecule has 1 fully saturated rings. The summed E-state index contributed by atoms with van der Waals surface area (Å²) in [6, 6.07) is 11.4. The van der Waals surface area contributed by atoms with Crippen LogP contribution < -0.4 is 5.32 Å². The number of hydrogen-bond acceptors (Lipinski definition) is 3. The van der Waals surface area contributed by atoms with E-state index >= 15 is 0 Å². The molecule has 8 heteroatoms. The molecule has 1 N–H and O–H groups in total. The number of urea groups is 1. The Morgan fingerprint density at radius 2 is 1.87 bits per heavy atom. The van der Waals surface area contributed by atoms with E-state index in [0.29, 0.717) is 49.4 Å². The Labute approximate surface area is 172 Å². The highest BCUT2D eigenvalue weighted by Crippen LogP contribution is 2.32. The molecule has 30 heavy (non-hydrogen) atoms. The predicted molar refractivity (Wildman–Crippen MR) is 107 cm³/mol. The second-order valence-corrected chi connectivity index (χ2v) is 7.12. The van der Waals surface area contributed by atoms with Crippen LogP contribution in [0.3, 0.4) is 0 Å². The third kappa shape index (κ3) is 5.31. The van der Waals surface area contributed by atoms with Crippen molar-refractivity contribution in [1.82, 2.24) is 4.90 Å². The van der Waals surface area contributed by atoms with Crippen LogP contribution in [0.15, 0.2) is 48.5 Å². The minimum atomic E-state index is -4.40. The summed E-state index contributed by atoms with van der Waals surface area (Å²) in [4.78, 5) is 26.0. The molecule has 1 saturated heterocycles. The van der Waals surface area contributed by atoms with E-state index in [2.05, 4.69) is 5.32 Å². The van der Waals surface area contributed by atoms with E-state index in [1.807, 2.05) is 0 Å². The SMILES string of the molecule is CCOC(=O)C1CCCN(C(=O)Nc2ccc(-c3cccc(C(F)(F)F)c3)cc2)C1. The van der Waals surface area contributed by atoms with Gasteiger partial charge in [-0.15, -0.1) is 0 Å². The molecule has 160 valence electrons. The first-order valence-electron chi connectivity index (χ1n) is 9.78. The van der Waals surface area contributed by atoms with Crippen molar-refractivity contribution >= 4 is 17.7 Å². The maximum atomic E-state index is 12.9. The lowest BCUT2D eigenvalue weighted by atomic mass is 9.98. The predicted octanol–water partition coefficient (Wildman–Crippen LogP) is 5.18. The van der Waals surface area contributed by atoms with Gasteiger partial charge in [0.15, 0.2) is 0 Å². The van der Waals surface area contributed by atoms with E-state index in [0.717, 1.165) is 12.1 Å². The van der Waals surface area contributed by atoms with Gasteiger partial charge in [-0.3, -0.25) is 4.79 Å². The third-order valence-corrected chi connectivity index (χ3v) is 4.99. The number of rotatable bonds is 4. The molecule has 0 radical (unpaired) electrons.